The first kappa shape index (κ1) is 25.5. The van der Waals surface area contributed by atoms with Crippen molar-refractivity contribution in [2.75, 3.05) is 27.9 Å². The number of methoxy groups -OCH3 is 3. The smallest absolute Gasteiger partial charge is 0.206 e. The van der Waals surface area contributed by atoms with Crippen molar-refractivity contribution in [3.63, 3.8) is 0 Å². The van der Waals surface area contributed by atoms with E-state index in [1.807, 2.05) is 35.7 Å². The number of phenols is 1. The molecule has 4 rings (SSSR count). The van der Waals surface area contributed by atoms with Crippen molar-refractivity contribution in [3.8, 4) is 34.3 Å². The van der Waals surface area contributed by atoms with E-state index in [-0.39, 0.29) is 5.75 Å². The Balaban J connectivity index is 1.80. The molecule has 0 bridgehead atoms. The first-order valence-electron chi connectivity index (χ1n) is 11.1. The molecule has 7 nitrogen and oxygen atoms in total. The van der Waals surface area contributed by atoms with E-state index < -0.39 is 0 Å². The maximum Gasteiger partial charge on any atom is 0.206 e. The maximum atomic E-state index is 10.3. The van der Waals surface area contributed by atoms with Gasteiger partial charge < -0.3 is 19.3 Å². The van der Waals surface area contributed by atoms with Gasteiger partial charge in [-0.3, -0.25) is 4.99 Å². The Labute approximate surface area is 222 Å². The number of nitrogens with zero attached hydrogens (tertiary/aromatic N) is 3. The summed E-state index contributed by atoms with van der Waals surface area (Å²) in [4.78, 5) is 5.55. The van der Waals surface area contributed by atoms with Crippen molar-refractivity contribution in [2.45, 2.75) is 6.42 Å². The van der Waals surface area contributed by atoms with Gasteiger partial charge in [0.1, 0.15) is 5.75 Å². The van der Waals surface area contributed by atoms with Gasteiger partial charge in [-0.15, -0.1) is 11.3 Å². The van der Waals surface area contributed by atoms with Crippen molar-refractivity contribution in [1.29, 1.82) is 0 Å². The Hall–Kier alpha value is -3.56. The lowest BCUT2D eigenvalue weighted by atomic mass is 10.1. The number of ether oxygens (including phenoxy) is 3. The van der Waals surface area contributed by atoms with E-state index in [9.17, 15) is 5.11 Å². The first-order valence-corrected chi connectivity index (χ1v) is 12.8. The quantitative estimate of drug-likeness (QED) is 0.262. The number of aromatic hydroxyl groups is 1. The summed E-state index contributed by atoms with van der Waals surface area (Å²) in [7, 11) is 4.74. The van der Waals surface area contributed by atoms with Crippen molar-refractivity contribution >= 4 is 33.5 Å². The SMILES string of the molecule is COc1cc(-c2csc(=NCCc3ccccc3)n2N=Cc2cc(Br)ccc2O)cc(OC)c1OC. The van der Waals surface area contributed by atoms with Gasteiger partial charge in [0.25, 0.3) is 0 Å². The van der Waals surface area contributed by atoms with E-state index >= 15 is 0 Å². The highest BCUT2D eigenvalue weighted by atomic mass is 79.9. The molecule has 0 amide bonds. The molecule has 0 radical (unpaired) electrons. The summed E-state index contributed by atoms with van der Waals surface area (Å²) in [6, 6.07) is 19.2. The average molecular weight is 568 g/mol. The fraction of sp³-hybridized carbons (Fsp3) is 0.185. The summed E-state index contributed by atoms with van der Waals surface area (Å²) in [5, 5.41) is 17.0. The summed E-state index contributed by atoms with van der Waals surface area (Å²) >= 11 is 4.93. The number of phenolic OH excluding ortho intramolecular Hbond substituents is 1. The molecular weight excluding hydrogens is 542 g/mol. The average Bonchev–Trinajstić information content (AvgIpc) is 3.31. The van der Waals surface area contributed by atoms with E-state index in [2.05, 4.69) is 28.1 Å². The van der Waals surface area contributed by atoms with E-state index in [0.717, 1.165) is 27.0 Å². The summed E-state index contributed by atoms with van der Waals surface area (Å²) in [6.07, 6.45) is 2.43. The second kappa shape index (κ2) is 11.9. The highest BCUT2D eigenvalue weighted by molar-refractivity contribution is 9.10. The summed E-state index contributed by atoms with van der Waals surface area (Å²) < 4.78 is 19.2. The van der Waals surface area contributed by atoms with Crippen LogP contribution in [0.1, 0.15) is 11.1 Å². The number of hydrogen-bond acceptors (Lipinski definition) is 7. The molecule has 1 aromatic heterocycles. The van der Waals surface area contributed by atoms with Gasteiger partial charge in [0.15, 0.2) is 11.5 Å². The number of hydrogen-bond donors (Lipinski definition) is 1. The minimum absolute atomic E-state index is 0.134. The second-order valence-electron chi connectivity index (χ2n) is 7.69. The molecule has 186 valence electrons. The molecule has 1 heterocycles. The molecule has 36 heavy (non-hydrogen) atoms. The van der Waals surface area contributed by atoms with Crippen molar-refractivity contribution in [2.24, 2.45) is 10.1 Å². The molecule has 3 aromatic carbocycles. The standard InChI is InChI=1S/C27H26BrN3O4S/c1-33-24-14-19(15-25(34-2)26(24)35-3)22-17-36-27(29-12-11-18-7-5-4-6-8-18)31(22)30-16-20-13-21(28)9-10-23(20)32/h4-10,13-17,32H,11-12H2,1-3H3. The molecule has 0 saturated carbocycles. The third-order valence-corrected chi connectivity index (χ3v) is 6.79. The molecule has 0 unspecified atom stereocenters. The van der Waals surface area contributed by atoms with Gasteiger partial charge >= 0.3 is 0 Å². The molecule has 0 atom stereocenters. The lowest BCUT2D eigenvalue weighted by Gasteiger charge is -2.14. The zero-order valence-corrected chi connectivity index (χ0v) is 22.5. The normalized spacial score (nSPS) is 11.7. The van der Waals surface area contributed by atoms with Crippen molar-refractivity contribution < 1.29 is 19.3 Å². The zero-order valence-electron chi connectivity index (χ0n) is 20.1. The summed E-state index contributed by atoms with van der Waals surface area (Å²) in [6.45, 7) is 0.608. The molecular formula is C27H26BrN3O4S. The van der Waals surface area contributed by atoms with Crippen LogP contribution in [0.4, 0.5) is 0 Å². The Morgan fingerprint density at radius 1 is 0.972 bits per heavy atom. The second-order valence-corrected chi connectivity index (χ2v) is 9.45. The fourth-order valence-corrected chi connectivity index (χ4v) is 4.86. The number of rotatable bonds is 9. The van der Waals surface area contributed by atoms with Crippen LogP contribution in [0.3, 0.4) is 0 Å². The maximum absolute atomic E-state index is 10.3. The third-order valence-electron chi connectivity index (χ3n) is 5.44. The lowest BCUT2D eigenvalue weighted by Crippen LogP contribution is -2.13. The summed E-state index contributed by atoms with van der Waals surface area (Å²) in [5.74, 6) is 1.73. The number of halogens is 1. The van der Waals surface area contributed by atoms with Crippen LogP contribution in [0.25, 0.3) is 11.3 Å². The van der Waals surface area contributed by atoms with Gasteiger partial charge in [0, 0.05) is 27.5 Å². The Bertz CT molecular complexity index is 1410. The monoisotopic (exact) mass is 567 g/mol. The molecule has 9 heteroatoms. The van der Waals surface area contributed by atoms with Gasteiger partial charge in [-0.1, -0.05) is 46.3 Å². The van der Waals surface area contributed by atoms with Crippen LogP contribution in [-0.4, -0.2) is 43.9 Å². The number of aromatic nitrogens is 1. The van der Waals surface area contributed by atoms with Crippen LogP contribution in [0, 0.1) is 0 Å². The Morgan fingerprint density at radius 3 is 2.36 bits per heavy atom. The predicted octanol–water partition coefficient (Wildman–Crippen LogP) is 5.74. The molecule has 0 fully saturated rings. The molecule has 4 aromatic rings. The summed E-state index contributed by atoms with van der Waals surface area (Å²) in [5.41, 5.74) is 3.41. The van der Waals surface area contributed by atoms with Crippen LogP contribution in [0.5, 0.6) is 23.0 Å². The van der Waals surface area contributed by atoms with Gasteiger partial charge in [0.2, 0.25) is 10.6 Å². The minimum atomic E-state index is 0.134. The Morgan fingerprint density at radius 2 is 1.69 bits per heavy atom. The van der Waals surface area contributed by atoms with Gasteiger partial charge in [-0.05, 0) is 42.3 Å². The Kier molecular flexibility index (Phi) is 8.45. The number of thiazole rings is 1. The lowest BCUT2D eigenvalue weighted by molar-refractivity contribution is 0.324. The van der Waals surface area contributed by atoms with E-state index in [4.69, 9.17) is 24.3 Å². The van der Waals surface area contributed by atoms with Crippen LogP contribution >= 0.6 is 27.3 Å². The van der Waals surface area contributed by atoms with E-state index in [1.165, 1.54) is 16.9 Å². The van der Waals surface area contributed by atoms with Crippen molar-refractivity contribution in [1.82, 2.24) is 4.68 Å². The fourth-order valence-electron chi connectivity index (χ4n) is 3.62. The van der Waals surface area contributed by atoms with E-state index in [1.54, 1.807) is 50.4 Å². The molecule has 0 aliphatic heterocycles. The highest BCUT2D eigenvalue weighted by Gasteiger charge is 2.17. The molecule has 0 aliphatic rings. The molecule has 0 aliphatic carbocycles. The van der Waals surface area contributed by atoms with Crippen molar-refractivity contribution in [3.05, 3.63) is 86.4 Å². The van der Waals surface area contributed by atoms with Crippen LogP contribution < -0.4 is 19.0 Å². The van der Waals surface area contributed by atoms with Gasteiger partial charge in [0.05, 0.1) is 33.2 Å². The van der Waals surface area contributed by atoms with E-state index in [0.29, 0.717) is 29.4 Å². The van der Waals surface area contributed by atoms with Crippen LogP contribution in [0.2, 0.25) is 0 Å². The van der Waals surface area contributed by atoms with Crippen LogP contribution in [-0.2, 0) is 6.42 Å². The first-order chi connectivity index (χ1) is 17.5. The third kappa shape index (κ3) is 5.80. The highest BCUT2D eigenvalue weighted by Crippen LogP contribution is 2.41. The van der Waals surface area contributed by atoms with Gasteiger partial charge in [-0.2, -0.15) is 5.10 Å². The minimum Gasteiger partial charge on any atom is -0.507 e. The molecule has 0 spiro atoms. The molecule has 1 N–H and O–H groups in total. The zero-order chi connectivity index (χ0) is 25.5. The number of benzene rings is 3. The van der Waals surface area contributed by atoms with Gasteiger partial charge in [-0.25, -0.2) is 4.68 Å². The van der Waals surface area contributed by atoms with Crippen LogP contribution in [0.15, 0.2) is 80.6 Å². The molecule has 0 saturated heterocycles. The predicted molar refractivity (Wildman–Crippen MR) is 147 cm³/mol. The topological polar surface area (TPSA) is 77.6 Å². The largest absolute Gasteiger partial charge is 0.507 e.